The summed E-state index contributed by atoms with van der Waals surface area (Å²) in [6, 6.07) is 5.13. The van der Waals surface area contributed by atoms with Gasteiger partial charge in [0.2, 0.25) is 0 Å². The van der Waals surface area contributed by atoms with Gasteiger partial charge in [-0.1, -0.05) is 32.3 Å². The van der Waals surface area contributed by atoms with Crippen molar-refractivity contribution in [1.82, 2.24) is 5.01 Å². The summed E-state index contributed by atoms with van der Waals surface area (Å²) >= 11 is 0. The van der Waals surface area contributed by atoms with Crippen LogP contribution in [0, 0.1) is 13.8 Å². The van der Waals surface area contributed by atoms with Crippen LogP contribution in [-0.2, 0) is 4.79 Å². The highest BCUT2D eigenvalue weighted by Crippen LogP contribution is 2.41. The number of carbonyl (C=O) groups excluding carboxylic acids is 1. The van der Waals surface area contributed by atoms with Gasteiger partial charge in [0, 0.05) is 12.1 Å². The summed E-state index contributed by atoms with van der Waals surface area (Å²) in [6.45, 7) is 5.16. The first-order valence-electron chi connectivity index (χ1n) is 9.47. The highest BCUT2D eigenvalue weighted by atomic mass is 19.4. The molecule has 5 nitrogen and oxygen atoms in total. The molecule has 0 aliphatic carbocycles. The van der Waals surface area contributed by atoms with Crippen molar-refractivity contribution in [3.63, 3.8) is 0 Å². The van der Waals surface area contributed by atoms with Gasteiger partial charge in [0.25, 0.3) is 11.6 Å². The number of rotatable bonds is 8. The van der Waals surface area contributed by atoms with Gasteiger partial charge >= 0.3 is 6.18 Å². The van der Waals surface area contributed by atoms with E-state index >= 15 is 0 Å². The predicted octanol–water partition coefficient (Wildman–Crippen LogP) is 4.49. The summed E-state index contributed by atoms with van der Waals surface area (Å²) < 4.78 is 45.8. The highest BCUT2D eigenvalue weighted by molar-refractivity contribution is 5.91. The maximum Gasteiger partial charge on any atom is 0.438 e. The van der Waals surface area contributed by atoms with Gasteiger partial charge < -0.3 is 9.84 Å². The SMILES string of the molecule is CCCCCCC1=NN(C(=O)COc2ccc(C)c(C)c2)[C@@](O)(C(F)(F)F)C1. The van der Waals surface area contributed by atoms with Crippen LogP contribution in [0.25, 0.3) is 0 Å². The maximum absolute atomic E-state index is 13.5. The van der Waals surface area contributed by atoms with Gasteiger partial charge in [-0.3, -0.25) is 4.79 Å². The van der Waals surface area contributed by atoms with Crippen LogP contribution in [0.3, 0.4) is 0 Å². The van der Waals surface area contributed by atoms with Gasteiger partial charge in [-0.25, -0.2) is 0 Å². The number of benzene rings is 1. The van der Waals surface area contributed by atoms with Crippen LogP contribution in [0.5, 0.6) is 5.75 Å². The molecule has 1 aliphatic rings. The Morgan fingerprint density at radius 2 is 1.96 bits per heavy atom. The fraction of sp³-hybridized carbons (Fsp3) is 0.600. The first kappa shape index (κ1) is 22.2. The van der Waals surface area contributed by atoms with Crippen LogP contribution in [0.2, 0.25) is 0 Å². The van der Waals surface area contributed by atoms with Crippen LogP contribution >= 0.6 is 0 Å². The predicted molar refractivity (Wildman–Crippen MR) is 100 cm³/mol. The summed E-state index contributed by atoms with van der Waals surface area (Å²) in [6.07, 6.45) is -1.91. The quantitative estimate of drug-likeness (QED) is 0.654. The molecule has 0 saturated heterocycles. The highest BCUT2D eigenvalue weighted by Gasteiger charge is 2.63. The summed E-state index contributed by atoms with van der Waals surface area (Å²) in [5.41, 5.74) is -1.18. The van der Waals surface area contributed by atoms with Crippen molar-refractivity contribution >= 4 is 11.6 Å². The number of ether oxygens (including phenoxy) is 1. The lowest BCUT2D eigenvalue weighted by molar-refractivity contribution is -0.302. The number of aliphatic hydroxyl groups is 1. The molecule has 2 rings (SSSR count). The van der Waals surface area contributed by atoms with Crippen LogP contribution in [-0.4, -0.2) is 40.2 Å². The Morgan fingerprint density at radius 3 is 2.57 bits per heavy atom. The van der Waals surface area contributed by atoms with E-state index in [0.717, 1.165) is 30.4 Å². The van der Waals surface area contributed by atoms with E-state index in [9.17, 15) is 23.1 Å². The molecule has 0 unspecified atom stereocenters. The van der Waals surface area contributed by atoms with E-state index in [4.69, 9.17) is 4.74 Å². The van der Waals surface area contributed by atoms with E-state index in [-0.39, 0.29) is 10.7 Å². The molecule has 1 N–H and O–H groups in total. The van der Waals surface area contributed by atoms with E-state index in [2.05, 4.69) is 5.10 Å². The number of hydrogen-bond donors (Lipinski definition) is 1. The Morgan fingerprint density at radius 1 is 1.25 bits per heavy atom. The monoisotopic (exact) mass is 400 g/mol. The number of hydrazone groups is 1. The Hall–Kier alpha value is -2.09. The van der Waals surface area contributed by atoms with Crippen molar-refractivity contribution in [2.24, 2.45) is 5.10 Å². The first-order chi connectivity index (χ1) is 13.1. The van der Waals surface area contributed by atoms with Crippen LogP contribution in [0.4, 0.5) is 13.2 Å². The Labute approximate surface area is 163 Å². The third-order valence-electron chi connectivity index (χ3n) is 4.89. The molecule has 156 valence electrons. The third kappa shape index (κ3) is 5.04. The molecule has 1 aromatic rings. The first-order valence-corrected chi connectivity index (χ1v) is 9.47. The van der Waals surface area contributed by atoms with Crippen molar-refractivity contribution in [1.29, 1.82) is 0 Å². The second-order valence-electron chi connectivity index (χ2n) is 7.21. The van der Waals surface area contributed by atoms with Crippen LogP contribution < -0.4 is 4.74 Å². The molecule has 0 bridgehead atoms. The molecular formula is C20H27F3N2O3. The molecule has 1 heterocycles. The third-order valence-corrected chi connectivity index (χ3v) is 4.89. The number of unbranched alkanes of at least 4 members (excludes halogenated alkanes) is 3. The number of amides is 1. The molecule has 0 saturated carbocycles. The summed E-state index contributed by atoms with van der Waals surface area (Å²) in [5.74, 6) is -0.670. The van der Waals surface area contributed by atoms with Gasteiger partial charge in [0.1, 0.15) is 5.75 Å². The van der Waals surface area contributed by atoms with Gasteiger partial charge in [-0.2, -0.15) is 23.3 Å². The van der Waals surface area contributed by atoms with E-state index in [1.54, 1.807) is 18.2 Å². The van der Waals surface area contributed by atoms with E-state index in [1.807, 2.05) is 20.8 Å². The zero-order valence-corrected chi connectivity index (χ0v) is 16.5. The fourth-order valence-electron chi connectivity index (χ4n) is 3.01. The molecule has 0 fully saturated rings. The zero-order chi connectivity index (χ0) is 20.9. The van der Waals surface area contributed by atoms with Crippen molar-refractivity contribution in [3.8, 4) is 5.75 Å². The summed E-state index contributed by atoms with van der Waals surface area (Å²) in [4.78, 5) is 12.4. The average molecular weight is 400 g/mol. The minimum Gasteiger partial charge on any atom is -0.484 e. The van der Waals surface area contributed by atoms with Crippen molar-refractivity contribution in [2.45, 2.75) is 71.2 Å². The van der Waals surface area contributed by atoms with Crippen LogP contribution in [0.1, 0.15) is 56.6 Å². The number of nitrogens with zero attached hydrogens (tertiary/aromatic N) is 2. The summed E-state index contributed by atoms with van der Waals surface area (Å²) in [5, 5.41) is 14.2. The minimum atomic E-state index is -5.02. The molecular weight excluding hydrogens is 373 g/mol. The Balaban J connectivity index is 2.09. The number of carbonyl (C=O) groups is 1. The molecule has 1 aliphatic heterocycles. The largest absolute Gasteiger partial charge is 0.484 e. The number of halogens is 3. The van der Waals surface area contributed by atoms with Gasteiger partial charge in [0.15, 0.2) is 6.61 Å². The fourth-order valence-corrected chi connectivity index (χ4v) is 3.01. The molecule has 0 spiro atoms. The van der Waals surface area contributed by atoms with E-state index in [0.29, 0.717) is 18.6 Å². The standard InChI is InChI=1S/C20H27F3N2O3/c1-4-5-6-7-8-16-12-19(27,20(21,22)23)25(24-16)18(26)13-28-17-10-9-14(2)15(3)11-17/h9-11,27H,4-8,12-13H2,1-3H3/t19-/m0/s1. The Bertz CT molecular complexity index is 734. The normalized spacial score (nSPS) is 19.7. The minimum absolute atomic E-state index is 0.142. The molecule has 1 amide bonds. The topological polar surface area (TPSA) is 62.1 Å². The van der Waals surface area contributed by atoms with Crippen molar-refractivity contribution in [3.05, 3.63) is 29.3 Å². The number of aryl methyl sites for hydroxylation is 2. The second-order valence-corrected chi connectivity index (χ2v) is 7.21. The van der Waals surface area contributed by atoms with Gasteiger partial charge in [0.05, 0.1) is 0 Å². The molecule has 1 aromatic carbocycles. The zero-order valence-electron chi connectivity index (χ0n) is 16.5. The molecule has 8 heteroatoms. The van der Waals surface area contributed by atoms with Gasteiger partial charge in [-0.15, -0.1) is 0 Å². The lowest BCUT2D eigenvalue weighted by atomic mass is 10.0. The van der Waals surface area contributed by atoms with Crippen LogP contribution in [0.15, 0.2) is 23.3 Å². The molecule has 0 radical (unpaired) electrons. The molecule has 28 heavy (non-hydrogen) atoms. The molecule has 0 aromatic heterocycles. The Kier molecular flexibility index (Phi) is 7.09. The average Bonchev–Trinajstić information content (AvgIpc) is 2.97. The smallest absolute Gasteiger partial charge is 0.438 e. The van der Waals surface area contributed by atoms with Gasteiger partial charge in [-0.05, 0) is 49.9 Å². The summed E-state index contributed by atoms with van der Waals surface area (Å²) in [7, 11) is 0. The second kappa shape index (κ2) is 8.94. The number of hydrogen-bond acceptors (Lipinski definition) is 4. The van der Waals surface area contributed by atoms with E-state index < -0.39 is 30.8 Å². The maximum atomic E-state index is 13.5. The lowest BCUT2D eigenvalue weighted by Gasteiger charge is -2.32. The van der Waals surface area contributed by atoms with E-state index in [1.165, 1.54) is 0 Å². The lowest BCUT2D eigenvalue weighted by Crippen LogP contribution is -2.57. The number of alkyl halides is 3. The molecule has 1 atom stereocenters. The van der Waals surface area contributed by atoms with Crippen molar-refractivity contribution in [2.75, 3.05) is 6.61 Å². The van der Waals surface area contributed by atoms with Crippen molar-refractivity contribution < 1.29 is 27.8 Å².